The van der Waals surface area contributed by atoms with E-state index in [1.165, 1.54) is 26.7 Å². The van der Waals surface area contributed by atoms with Crippen LogP contribution in [0.5, 0.6) is 11.5 Å². The summed E-state index contributed by atoms with van der Waals surface area (Å²) in [7, 11) is 2.80. The number of hydrogen-bond acceptors (Lipinski definition) is 5. The van der Waals surface area contributed by atoms with Crippen molar-refractivity contribution in [2.45, 2.75) is 52.2 Å². The van der Waals surface area contributed by atoms with Crippen molar-refractivity contribution in [1.82, 2.24) is 5.32 Å². The summed E-state index contributed by atoms with van der Waals surface area (Å²) in [4.78, 5) is 24.2. The molecule has 1 amide bonds. The van der Waals surface area contributed by atoms with E-state index >= 15 is 0 Å². The molecule has 1 aromatic carbocycles. The van der Waals surface area contributed by atoms with E-state index in [0.29, 0.717) is 28.9 Å². The first-order chi connectivity index (χ1) is 12.4. The molecule has 1 aliphatic rings. The molecule has 1 saturated carbocycles. The molecule has 4 atom stereocenters. The normalized spacial score (nSPS) is 23.7. The summed E-state index contributed by atoms with van der Waals surface area (Å²) in [5.74, 6) is 1.25. The number of ether oxygens (including phenoxy) is 3. The third-order valence-corrected chi connectivity index (χ3v) is 5.29. The lowest BCUT2D eigenvalue weighted by molar-refractivity contribution is -0.128. The van der Waals surface area contributed by atoms with E-state index in [9.17, 15) is 9.59 Å². The summed E-state index contributed by atoms with van der Waals surface area (Å²) in [6.07, 6.45) is 2.68. The van der Waals surface area contributed by atoms with Gasteiger partial charge >= 0.3 is 5.97 Å². The molecule has 0 aromatic heterocycles. The number of benzene rings is 1. The van der Waals surface area contributed by atoms with Gasteiger partial charge in [-0.05, 0) is 43.4 Å². The summed E-state index contributed by atoms with van der Waals surface area (Å²) >= 11 is 0. The van der Waals surface area contributed by atoms with Gasteiger partial charge in [0.2, 0.25) is 0 Å². The average Bonchev–Trinajstić information content (AvgIpc) is 2.64. The van der Waals surface area contributed by atoms with Crippen LogP contribution in [0.1, 0.15) is 50.4 Å². The zero-order valence-electron chi connectivity index (χ0n) is 16.2. The predicted octanol–water partition coefficient (Wildman–Crippen LogP) is 3.19. The number of carbonyl (C=O) groups is 2. The Bertz CT molecular complexity index is 645. The molecule has 1 N–H and O–H groups in total. The summed E-state index contributed by atoms with van der Waals surface area (Å²) in [5.41, 5.74) is 0.360. The Kier molecular flexibility index (Phi) is 6.89. The fourth-order valence-electron chi connectivity index (χ4n) is 3.34. The molecule has 6 nitrogen and oxygen atoms in total. The van der Waals surface area contributed by atoms with Gasteiger partial charge in [0.25, 0.3) is 5.91 Å². The fraction of sp³-hybridized carbons (Fsp3) is 0.600. The standard InChI is InChI=1S/C20H29NO5/c1-12-7-6-8-16(13(12)2)21-19(22)14(3)26-17-10-9-15(20(23)25-5)11-18(17)24-4/h9-14,16H,6-8H2,1-5H3,(H,21,22)/t12-,13-,14-,16+/m1/s1. The second-order valence-corrected chi connectivity index (χ2v) is 7.00. The van der Waals surface area contributed by atoms with E-state index in [-0.39, 0.29) is 11.9 Å². The average molecular weight is 363 g/mol. The smallest absolute Gasteiger partial charge is 0.337 e. The van der Waals surface area contributed by atoms with Crippen LogP contribution in [0, 0.1) is 11.8 Å². The van der Waals surface area contributed by atoms with Crippen LogP contribution in [0.25, 0.3) is 0 Å². The Morgan fingerprint density at radius 3 is 2.54 bits per heavy atom. The molecule has 0 spiro atoms. The van der Waals surface area contributed by atoms with Crippen LogP contribution in [-0.2, 0) is 9.53 Å². The number of amides is 1. The van der Waals surface area contributed by atoms with Gasteiger partial charge in [-0.15, -0.1) is 0 Å². The van der Waals surface area contributed by atoms with Gasteiger partial charge in [0.1, 0.15) is 0 Å². The quantitative estimate of drug-likeness (QED) is 0.786. The number of esters is 1. The van der Waals surface area contributed by atoms with E-state index in [2.05, 4.69) is 19.2 Å². The first-order valence-corrected chi connectivity index (χ1v) is 9.10. The van der Waals surface area contributed by atoms with E-state index in [0.717, 1.165) is 12.8 Å². The highest BCUT2D eigenvalue weighted by Crippen LogP contribution is 2.31. The van der Waals surface area contributed by atoms with E-state index in [1.807, 2.05) is 0 Å². The van der Waals surface area contributed by atoms with Crippen LogP contribution >= 0.6 is 0 Å². The molecule has 26 heavy (non-hydrogen) atoms. The lowest BCUT2D eigenvalue weighted by Crippen LogP contribution is -2.48. The zero-order chi connectivity index (χ0) is 19.3. The second-order valence-electron chi connectivity index (χ2n) is 7.00. The maximum Gasteiger partial charge on any atom is 0.337 e. The van der Waals surface area contributed by atoms with Crippen molar-refractivity contribution < 1.29 is 23.8 Å². The van der Waals surface area contributed by atoms with Crippen molar-refractivity contribution in [3.8, 4) is 11.5 Å². The van der Waals surface area contributed by atoms with Gasteiger partial charge in [-0.25, -0.2) is 4.79 Å². The summed E-state index contributed by atoms with van der Waals surface area (Å²) in [6.45, 7) is 6.13. The van der Waals surface area contributed by atoms with Crippen LogP contribution in [-0.4, -0.2) is 38.2 Å². The molecule has 1 aromatic rings. The molecular weight excluding hydrogens is 334 g/mol. The molecule has 144 valence electrons. The lowest BCUT2D eigenvalue weighted by Gasteiger charge is -2.35. The Labute approximate surface area is 155 Å². The minimum atomic E-state index is -0.669. The topological polar surface area (TPSA) is 73.9 Å². The molecule has 0 heterocycles. The SMILES string of the molecule is COC(=O)c1ccc(O[C@H](C)C(=O)N[C@H]2CCC[C@@H](C)[C@H]2C)c(OC)c1. The summed E-state index contributed by atoms with van der Waals surface area (Å²) in [6, 6.07) is 4.91. The summed E-state index contributed by atoms with van der Waals surface area (Å²) < 4.78 is 15.8. The molecule has 0 saturated heterocycles. The van der Waals surface area contributed by atoms with Crippen molar-refractivity contribution in [1.29, 1.82) is 0 Å². The van der Waals surface area contributed by atoms with E-state index in [4.69, 9.17) is 14.2 Å². The minimum Gasteiger partial charge on any atom is -0.493 e. The van der Waals surface area contributed by atoms with Crippen LogP contribution in [0.4, 0.5) is 0 Å². The lowest BCUT2D eigenvalue weighted by atomic mass is 9.78. The minimum absolute atomic E-state index is 0.143. The maximum absolute atomic E-state index is 12.5. The largest absolute Gasteiger partial charge is 0.493 e. The third kappa shape index (κ3) is 4.68. The van der Waals surface area contributed by atoms with Gasteiger partial charge in [0.15, 0.2) is 17.6 Å². The second kappa shape index (κ2) is 8.92. The highest BCUT2D eigenvalue weighted by molar-refractivity contribution is 5.90. The van der Waals surface area contributed by atoms with Crippen LogP contribution in [0.3, 0.4) is 0 Å². The van der Waals surface area contributed by atoms with Gasteiger partial charge in [-0.1, -0.05) is 26.7 Å². The Hall–Kier alpha value is -2.24. The van der Waals surface area contributed by atoms with Crippen LogP contribution in [0.15, 0.2) is 18.2 Å². The van der Waals surface area contributed by atoms with E-state index < -0.39 is 12.1 Å². The number of rotatable bonds is 6. The number of nitrogens with one attached hydrogen (secondary N) is 1. The van der Waals surface area contributed by atoms with Crippen LogP contribution < -0.4 is 14.8 Å². The molecule has 0 radical (unpaired) electrons. The zero-order valence-corrected chi connectivity index (χ0v) is 16.2. The van der Waals surface area contributed by atoms with Crippen molar-refractivity contribution >= 4 is 11.9 Å². The van der Waals surface area contributed by atoms with Crippen molar-refractivity contribution in [2.24, 2.45) is 11.8 Å². The first-order valence-electron chi connectivity index (χ1n) is 9.10. The van der Waals surface area contributed by atoms with Crippen molar-refractivity contribution in [3.05, 3.63) is 23.8 Å². The predicted molar refractivity (Wildman–Crippen MR) is 98.5 cm³/mol. The molecule has 1 aliphatic carbocycles. The Morgan fingerprint density at radius 1 is 1.15 bits per heavy atom. The fourth-order valence-corrected chi connectivity index (χ4v) is 3.34. The monoisotopic (exact) mass is 363 g/mol. The molecule has 0 aliphatic heterocycles. The molecule has 2 rings (SSSR count). The van der Waals surface area contributed by atoms with Gasteiger partial charge in [-0.3, -0.25) is 4.79 Å². The Balaban J connectivity index is 2.03. The number of hydrogen-bond donors (Lipinski definition) is 1. The number of carbonyl (C=O) groups excluding carboxylic acids is 2. The number of methoxy groups -OCH3 is 2. The highest BCUT2D eigenvalue weighted by Gasteiger charge is 2.30. The Morgan fingerprint density at radius 2 is 1.88 bits per heavy atom. The maximum atomic E-state index is 12.5. The van der Waals surface area contributed by atoms with Gasteiger partial charge in [0, 0.05) is 6.04 Å². The van der Waals surface area contributed by atoms with Crippen molar-refractivity contribution in [3.63, 3.8) is 0 Å². The highest BCUT2D eigenvalue weighted by atomic mass is 16.5. The first kappa shape index (κ1) is 20.1. The van der Waals surface area contributed by atoms with Crippen LogP contribution in [0.2, 0.25) is 0 Å². The molecule has 1 fully saturated rings. The van der Waals surface area contributed by atoms with Gasteiger partial charge < -0.3 is 19.5 Å². The van der Waals surface area contributed by atoms with Gasteiger partial charge in [0.05, 0.1) is 19.8 Å². The molecule has 0 bridgehead atoms. The third-order valence-electron chi connectivity index (χ3n) is 5.29. The van der Waals surface area contributed by atoms with Gasteiger partial charge in [-0.2, -0.15) is 0 Å². The van der Waals surface area contributed by atoms with E-state index in [1.54, 1.807) is 19.1 Å². The van der Waals surface area contributed by atoms with Crippen molar-refractivity contribution in [2.75, 3.05) is 14.2 Å². The molecule has 6 heteroatoms. The molecule has 0 unspecified atom stereocenters. The summed E-state index contributed by atoms with van der Waals surface area (Å²) in [5, 5.41) is 3.12. The molecular formula is C20H29NO5.